The minimum Gasteiger partial charge on any atom is -0.210 e. The summed E-state index contributed by atoms with van der Waals surface area (Å²) < 4.78 is 27.8. The van der Waals surface area contributed by atoms with E-state index in [0.29, 0.717) is 26.1 Å². The first-order valence-electron chi connectivity index (χ1n) is 5.97. The average molecular weight is 452 g/mol. The minimum atomic E-state index is -3.43. The second kappa shape index (κ2) is 6.75. The van der Waals surface area contributed by atoms with Crippen molar-refractivity contribution in [2.24, 2.45) is 5.92 Å². The SMILES string of the molecule is O=S(=O)(NCC1CCC(Br)CC1)c1cc(Cl)c(Br)s1. The lowest BCUT2D eigenvalue weighted by molar-refractivity contribution is 0.366. The molecule has 0 aromatic carbocycles. The predicted octanol–water partition coefficient (Wildman–Crippen LogP) is 4.40. The van der Waals surface area contributed by atoms with Crippen molar-refractivity contribution in [2.45, 2.75) is 34.7 Å². The highest BCUT2D eigenvalue weighted by Gasteiger charge is 2.23. The Bertz CT molecular complexity index is 519. The molecule has 1 aromatic rings. The van der Waals surface area contributed by atoms with Crippen LogP contribution < -0.4 is 4.72 Å². The second-order valence-electron chi connectivity index (χ2n) is 4.66. The quantitative estimate of drug-likeness (QED) is 0.690. The van der Waals surface area contributed by atoms with Gasteiger partial charge in [0.25, 0.3) is 0 Å². The zero-order valence-electron chi connectivity index (χ0n) is 10.0. The van der Waals surface area contributed by atoms with Crippen molar-refractivity contribution in [1.29, 1.82) is 0 Å². The molecule has 0 bridgehead atoms. The summed E-state index contributed by atoms with van der Waals surface area (Å²) in [5.74, 6) is 0.433. The van der Waals surface area contributed by atoms with Crippen LogP contribution in [0.25, 0.3) is 0 Å². The van der Waals surface area contributed by atoms with Crippen LogP contribution in [0.3, 0.4) is 0 Å². The van der Waals surface area contributed by atoms with Crippen LogP contribution in [0.4, 0.5) is 0 Å². The van der Waals surface area contributed by atoms with E-state index in [2.05, 4.69) is 36.6 Å². The lowest BCUT2D eigenvalue weighted by atomic mass is 9.89. The van der Waals surface area contributed by atoms with Crippen molar-refractivity contribution in [3.8, 4) is 0 Å². The Kier molecular flexibility index (Phi) is 5.77. The van der Waals surface area contributed by atoms with Crippen LogP contribution in [0.2, 0.25) is 5.02 Å². The van der Waals surface area contributed by atoms with Crippen LogP contribution in [-0.4, -0.2) is 19.8 Å². The molecule has 108 valence electrons. The smallest absolute Gasteiger partial charge is 0.210 e. The molecular weight excluding hydrogens is 438 g/mol. The van der Waals surface area contributed by atoms with Crippen LogP contribution in [0, 0.1) is 5.92 Å². The number of sulfonamides is 1. The van der Waals surface area contributed by atoms with Gasteiger partial charge in [0.1, 0.15) is 4.21 Å². The fourth-order valence-corrected chi connectivity index (χ4v) is 6.17. The first-order valence-corrected chi connectivity index (χ1v) is 10.4. The molecule has 19 heavy (non-hydrogen) atoms. The maximum Gasteiger partial charge on any atom is 0.250 e. The number of thiophene rings is 1. The van der Waals surface area contributed by atoms with Gasteiger partial charge in [-0.1, -0.05) is 27.5 Å². The van der Waals surface area contributed by atoms with Crippen LogP contribution in [0.5, 0.6) is 0 Å². The third kappa shape index (κ3) is 4.41. The largest absolute Gasteiger partial charge is 0.250 e. The molecule has 1 aliphatic carbocycles. The number of hydrogen-bond donors (Lipinski definition) is 1. The Morgan fingerprint density at radius 1 is 1.37 bits per heavy atom. The summed E-state index contributed by atoms with van der Waals surface area (Å²) in [4.78, 5) is 0.590. The maximum absolute atomic E-state index is 12.1. The number of halogens is 3. The van der Waals surface area contributed by atoms with Gasteiger partial charge in [0.15, 0.2) is 0 Å². The molecular formula is C11H14Br2ClNO2S2. The van der Waals surface area contributed by atoms with Gasteiger partial charge in [-0.05, 0) is 53.6 Å². The highest BCUT2D eigenvalue weighted by molar-refractivity contribution is 9.11. The van der Waals surface area contributed by atoms with Crippen LogP contribution in [-0.2, 0) is 10.0 Å². The molecule has 1 aliphatic rings. The zero-order chi connectivity index (χ0) is 14.0. The third-order valence-electron chi connectivity index (χ3n) is 3.23. The molecule has 0 unspecified atom stereocenters. The fraction of sp³-hybridized carbons (Fsp3) is 0.636. The monoisotopic (exact) mass is 449 g/mol. The van der Waals surface area contributed by atoms with Crippen molar-refractivity contribution in [1.82, 2.24) is 4.72 Å². The van der Waals surface area contributed by atoms with Crippen LogP contribution in [0.1, 0.15) is 25.7 Å². The van der Waals surface area contributed by atoms with Crippen LogP contribution >= 0.6 is 54.8 Å². The molecule has 3 nitrogen and oxygen atoms in total. The van der Waals surface area contributed by atoms with E-state index in [0.717, 1.165) is 37.0 Å². The molecule has 1 saturated carbocycles. The van der Waals surface area contributed by atoms with E-state index in [1.54, 1.807) is 0 Å². The van der Waals surface area contributed by atoms with Crippen molar-refractivity contribution in [3.63, 3.8) is 0 Å². The van der Waals surface area contributed by atoms with Gasteiger partial charge in [-0.3, -0.25) is 0 Å². The first-order chi connectivity index (χ1) is 8.88. The number of hydrogen-bond acceptors (Lipinski definition) is 3. The normalized spacial score (nSPS) is 24.6. The van der Waals surface area contributed by atoms with E-state index in [1.807, 2.05) is 0 Å². The molecule has 0 radical (unpaired) electrons. The average Bonchev–Trinajstić information content (AvgIpc) is 2.70. The van der Waals surface area contributed by atoms with Gasteiger partial charge < -0.3 is 0 Å². The fourth-order valence-electron chi connectivity index (χ4n) is 2.08. The van der Waals surface area contributed by atoms with E-state index < -0.39 is 10.0 Å². The molecule has 0 spiro atoms. The summed E-state index contributed by atoms with van der Waals surface area (Å²) in [5, 5.41) is 0.435. The molecule has 1 fully saturated rings. The van der Waals surface area contributed by atoms with Crippen molar-refractivity contribution in [3.05, 3.63) is 14.9 Å². The Morgan fingerprint density at radius 3 is 2.53 bits per heavy atom. The van der Waals surface area contributed by atoms with E-state index in [9.17, 15) is 8.42 Å². The van der Waals surface area contributed by atoms with E-state index in [-0.39, 0.29) is 4.21 Å². The molecule has 0 saturated heterocycles. The molecule has 2 rings (SSSR count). The number of nitrogens with one attached hydrogen (secondary N) is 1. The molecule has 0 aliphatic heterocycles. The molecule has 1 aromatic heterocycles. The standard InChI is InChI=1S/C11H14Br2ClNO2S2/c12-8-3-1-7(2-4-8)6-15-19(16,17)10-5-9(14)11(13)18-10/h5,7-8,15H,1-4,6H2. The van der Waals surface area contributed by atoms with Gasteiger partial charge in [0.05, 0.1) is 8.81 Å². The lowest BCUT2D eigenvalue weighted by Crippen LogP contribution is -2.31. The Hall–Kier alpha value is 0.860. The predicted molar refractivity (Wildman–Crippen MR) is 86.9 cm³/mol. The second-order valence-corrected chi connectivity index (χ2v) is 10.7. The van der Waals surface area contributed by atoms with Crippen molar-refractivity contribution < 1.29 is 8.42 Å². The lowest BCUT2D eigenvalue weighted by Gasteiger charge is -2.25. The van der Waals surface area contributed by atoms with E-state index in [1.165, 1.54) is 6.07 Å². The van der Waals surface area contributed by atoms with Gasteiger partial charge in [-0.25, -0.2) is 13.1 Å². The van der Waals surface area contributed by atoms with Gasteiger partial charge in [-0.2, -0.15) is 0 Å². The van der Waals surface area contributed by atoms with E-state index >= 15 is 0 Å². The summed E-state index contributed by atoms with van der Waals surface area (Å²) >= 11 is 13.8. The number of rotatable bonds is 4. The Morgan fingerprint density at radius 2 is 2.00 bits per heavy atom. The minimum absolute atomic E-state index is 0.263. The zero-order valence-corrected chi connectivity index (χ0v) is 15.6. The maximum atomic E-state index is 12.1. The highest BCUT2D eigenvalue weighted by Crippen LogP contribution is 2.34. The van der Waals surface area contributed by atoms with E-state index in [4.69, 9.17) is 11.6 Å². The summed E-state index contributed by atoms with van der Waals surface area (Å²) in [5.41, 5.74) is 0. The van der Waals surface area contributed by atoms with Gasteiger partial charge in [0, 0.05) is 11.4 Å². The third-order valence-corrected chi connectivity index (χ3v) is 8.51. The molecule has 1 heterocycles. The molecule has 1 N–H and O–H groups in total. The summed E-state index contributed by atoms with van der Waals surface area (Å²) in [6.07, 6.45) is 4.35. The summed E-state index contributed by atoms with van der Waals surface area (Å²) in [6, 6.07) is 1.48. The topological polar surface area (TPSA) is 46.2 Å². The van der Waals surface area contributed by atoms with Crippen molar-refractivity contribution >= 4 is 64.8 Å². The summed E-state index contributed by atoms with van der Waals surface area (Å²) in [6.45, 7) is 0.509. The highest BCUT2D eigenvalue weighted by atomic mass is 79.9. The van der Waals surface area contributed by atoms with Gasteiger partial charge >= 0.3 is 0 Å². The first kappa shape index (κ1) is 16.2. The molecule has 0 atom stereocenters. The number of alkyl halides is 1. The Balaban J connectivity index is 1.94. The van der Waals surface area contributed by atoms with Gasteiger partial charge in [-0.15, -0.1) is 11.3 Å². The van der Waals surface area contributed by atoms with Crippen molar-refractivity contribution in [2.75, 3.05) is 6.54 Å². The molecule has 0 amide bonds. The van der Waals surface area contributed by atoms with Crippen LogP contribution in [0.15, 0.2) is 14.1 Å². The summed E-state index contributed by atoms with van der Waals surface area (Å²) in [7, 11) is -3.43. The molecule has 8 heteroatoms. The Labute approximate surface area is 139 Å². The van der Waals surface area contributed by atoms with Gasteiger partial charge in [0.2, 0.25) is 10.0 Å².